The minimum absolute atomic E-state index is 0.109. The molecule has 0 spiro atoms. The third kappa shape index (κ3) is 33.7. The highest BCUT2D eigenvalue weighted by Gasteiger charge is 2.15. The molecule has 0 aromatic carbocycles. The third-order valence-electron chi connectivity index (χ3n) is 9.24. The van der Waals surface area contributed by atoms with Crippen LogP contribution < -0.4 is 0 Å². The molecule has 0 aromatic heterocycles. The highest BCUT2D eigenvalue weighted by Crippen LogP contribution is 2.20. The fourth-order valence-corrected chi connectivity index (χ4v) is 6.95. The quantitative estimate of drug-likeness (QED) is 0.0359. The van der Waals surface area contributed by atoms with Crippen LogP contribution >= 0.6 is 11.8 Å². The van der Waals surface area contributed by atoms with Crippen molar-refractivity contribution < 1.29 is 23.9 Å². The molecule has 0 aromatic rings. The topological polar surface area (TPSA) is 76.1 Å². The van der Waals surface area contributed by atoms with Gasteiger partial charge in [-0.25, -0.2) is 0 Å². The van der Waals surface area contributed by atoms with Crippen molar-refractivity contribution in [2.45, 2.75) is 175 Å². The minimum atomic E-state index is -0.151. The van der Waals surface area contributed by atoms with Crippen LogP contribution in [0.4, 0.5) is 4.79 Å². The second-order valence-corrected chi connectivity index (χ2v) is 15.5. The maximum Gasteiger partial charge on any atom is 0.306 e. The van der Waals surface area contributed by atoms with Crippen LogP contribution in [0.2, 0.25) is 0 Å². The number of amides is 1. The summed E-state index contributed by atoms with van der Waals surface area (Å²) in [5.74, 6) is 1.34. The molecule has 0 rings (SSSR count). The van der Waals surface area contributed by atoms with Crippen molar-refractivity contribution in [2.24, 2.45) is 5.92 Å². The SMILES string of the molecule is CCCCCC/C=C\COC(=O)CCCCCN(CCCCC(=O)COCC(CCCCCCC)CCCCCCC)C(=O)SCCN(C)C. The van der Waals surface area contributed by atoms with Crippen LogP contribution in [-0.2, 0) is 19.1 Å². The number of hydrogen-bond acceptors (Lipinski definition) is 7. The number of unbranched alkanes of at least 4 members (excludes halogenated alkanes) is 15. The molecule has 0 fully saturated rings. The number of carbonyl (C=O) groups excluding carboxylic acids is 3. The lowest BCUT2D eigenvalue weighted by molar-refractivity contribution is -0.142. The van der Waals surface area contributed by atoms with E-state index in [0.717, 1.165) is 50.8 Å². The Morgan fingerprint density at radius 1 is 0.640 bits per heavy atom. The Hall–Kier alpha value is -1.38. The summed E-state index contributed by atoms with van der Waals surface area (Å²) >= 11 is 1.37. The summed E-state index contributed by atoms with van der Waals surface area (Å²) in [6.07, 6.45) is 30.5. The van der Waals surface area contributed by atoms with E-state index in [4.69, 9.17) is 9.47 Å². The molecule has 1 amide bonds. The second kappa shape index (κ2) is 37.4. The van der Waals surface area contributed by atoms with E-state index < -0.39 is 0 Å². The van der Waals surface area contributed by atoms with Gasteiger partial charge in [0.05, 0.1) is 0 Å². The molecular weight excluding hydrogens is 645 g/mol. The maximum absolute atomic E-state index is 13.0. The van der Waals surface area contributed by atoms with Crippen LogP contribution in [0.1, 0.15) is 175 Å². The van der Waals surface area contributed by atoms with E-state index in [0.29, 0.717) is 45.1 Å². The van der Waals surface area contributed by atoms with E-state index in [1.54, 1.807) is 0 Å². The Labute approximate surface area is 313 Å². The lowest BCUT2D eigenvalue weighted by atomic mass is 9.95. The predicted octanol–water partition coefficient (Wildman–Crippen LogP) is 11.4. The molecule has 8 heteroatoms. The summed E-state index contributed by atoms with van der Waals surface area (Å²) < 4.78 is 11.3. The Kier molecular flexibility index (Phi) is 36.3. The Bertz CT molecular complexity index is 808. The number of hydrogen-bond donors (Lipinski definition) is 0. The monoisotopic (exact) mass is 725 g/mol. The van der Waals surface area contributed by atoms with Crippen molar-refractivity contribution in [1.29, 1.82) is 0 Å². The molecule has 7 nitrogen and oxygen atoms in total. The number of ether oxygens (including phenoxy) is 2. The molecule has 0 unspecified atom stereocenters. The zero-order valence-corrected chi connectivity index (χ0v) is 34.3. The normalized spacial score (nSPS) is 11.7. The first-order chi connectivity index (χ1) is 24.3. The molecule has 0 atom stereocenters. The van der Waals surface area contributed by atoms with Crippen LogP contribution in [0.5, 0.6) is 0 Å². The van der Waals surface area contributed by atoms with Gasteiger partial charge in [-0.1, -0.05) is 135 Å². The van der Waals surface area contributed by atoms with Crippen LogP contribution in [-0.4, -0.2) is 86.1 Å². The van der Waals surface area contributed by atoms with Gasteiger partial charge in [0.15, 0.2) is 5.78 Å². The Morgan fingerprint density at radius 3 is 1.82 bits per heavy atom. The molecule has 0 heterocycles. The van der Waals surface area contributed by atoms with Gasteiger partial charge < -0.3 is 19.3 Å². The van der Waals surface area contributed by atoms with E-state index in [-0.39, 0.29) is 23.6 Å². The van der Waals surface area contributed by atoms with Gasteiger partial charge in [0.25, 0.3) is 5.24 Å². The first-order valence-electron chi connectivity index (χ1n) is 20.8. The van der Waals surface area contributed by atoms with Gasteiger partial charge in [-0.15, -0.1) is 0 Å². The van der Waals surface area contributed by atoms with Gasteiger partial charge in [0.2, 0.25) is 0 Å². The van der Waals surface area contributed by atoms with Crippen molar-refractivity contribution in [1.82, 2.24) is 9.80 Å². The zero-order chi connectivity index (χ0) is 36.9. The van der Waals surface area contributed by atoms with E-state index in [1.165, 1.54) is 114 Å². The van der Waals surface area contributed by atoms with E-state index in [2.05, 4.69) is 31.7 Å². The number of thioether (sulfide) groups is 1. The van der Waals surface area contributed by atoms with Crippen molar-refractivity contribution in [3.05, 3.63) is 12.2 Å². The number of nitrogens with zero attached hydrogens (tertiary/aromatic N) is 2. The fraction of sp³-hybridized carbons (Fsp3) is 0.881. The maximum atomic E-state index is 13.0. The predicted molar refractivity (Wildman–Crippen MR) is 215 cm³/mol. The van der Waals surface area contributed by atoms with Gasteiger partial charge in [-0.2, -0.15) is 0 Å². The first-order valence-corrected chi connectivity index (χ1v) is 21.8. The number of carbonyl (C=O) groups is 3. The summed E-state index contributed by atoms with van der Waals surface area (Å²) in [5, 5.41) is 0.109. The third-order valence-corrected chi connectivity index (χ3v) is 10.1. The molecule has 0 aliphatic heterocycles. The molecular formula is C42H80N2O5S. The van der Waals surface area contributed by atoms with Crippen molar-refractivity contribution in [2.75, 3.05) is 59.3 Å². The van der Waals surface area contributed by atoms with E-state index >= 15 is 0 Å². The van der Waals surface area contributed by atoms with Gasteiger partial charge in [0, 0.05) is 44.8 Å². The highest BCUT2D eigenvalue weighted by atomic mass is 32.2. The largest absolute Gasteiger partial charge is 0.461 e. The molecule has 0 aliphatic carbocycles. The standard InChI is InChI=1S/C42H80N2O5S/c1-6-9-12-15-16-19-27-35-49-41(46)31-23-20-25-32-44(42(47)50-36-34-43(4)5)33-26-24-30-40(45)38-48-37-39(28-21-17-13-10-7-2)29-22-18-14-11-8-3/h19,27,39H,6-18,20-26,28-38H2,1-5H3/b27-19-. The van der Waals surface area contributed by atoms with Crippen LogP contribution in [0.3, 0.4) is 0 Å². The van der Waals surface area contributed by atoms with E-state index in [9.17, 15) is 14.4 Å². The summed E-state index contributed by atoms with van der Waals surface area (Å²) in [7, 11) is 4.03. The van der Waals surface area contributed by atoms with Gasteiger partial charge in [-0.3, -0.25) is 14.4 Å². The highest BCUT2D eigenvalue weighted by molar-refractivity contribution is 8.13. The summed E-state index contributed by atoms with van der Waals surface area (Å²) in [5.41, 5.74) is 0. The van der Waals surface area contributed by atoms with Gasteiger partial charge in [-0.05, 0) is 71.4 Å². The lowest BCUT2D eigenvalue weighted by Crippen LogP contribution is -2.31. The summed E-state index contributed by atoms with van der Waals surface area (Å²) in [6, 6.07) is 0. The molecule has 294 valence electrons. The molecule has 0 radical (unpaired) electrons. The summed E-state index contributed by atoms with van der Waals surface area (Å²) in [6.45, 7) is 10.2. The molecule has 0 aliphatic rings. The molecule has 50 heavy (non-hydrogen) atoms. The van der Waals surface area contributed by atoms with Crippen LogP contribution in [0.15, 0.2) is 12.2 Å². The lowest BCUT2D eigenvalue weighted by Gasteiger charge is -2.22. The van der Waals surface area contributed by atoms with Crippen LogP contribution in [0.25, 0.3) is 0 Å². The van der Waals surface area contributed by atoms with Crippen molar-refractivity contribution >= 4 is 28.8 Å². The Morgan fingerprint density at radius 2 is 1.20 bits per heavy atom. The molecule has 0 saturated heterocycles. The number of esters is 1. The molecule has 0 N–H and O–H groups in total. The van der Waals surface area contributed by atoms with Gasteiger partial charge in [0.1, 0.15) is 13.2 Å². The number of rotatable bonds is 37. The summed E-state index contributed by atoms with van der Waals surface area (Å²) in [4.78, 5) is 41.8. The van der Waals surface area contributed by atoms with Crippen molar-refractivity contribution in [3.63, 3.8) is 0 Å². The van der Waals surface area contributed by atoms with Crippen LogP contribution in [0, 0.1) is 5.92 Å². The minimum Gasteiger partial charge on any atom is -0.461 e. The smallest absolute Gasteiger partial charge is 0.306 e. The number of ketones is 1. The zero-order valence-electron chi connectivity index (χ0n) is 33.5. The van der Waals surface area contributed by atoms with Crippen molar-refractivity contribution in [3.8, 4) is 0 Å². The number of Topliss-reactive ketones (excluding diaryl/α,β-unsaturated/α-hetero) is 1. The average molecular weight is 725 g/mol. The van der Waals surface area contributed by atoms with E-state index in [1.807, 2.05) is 25.1 Å². The fourth-order valence-electron chi connectivity index (χ4n) is 5.96. The number of allylic oxidation sites excluding steroid dienone is 1. The van der Waals surface area contributed by atoms with Gasteiger partial charge >= 0.3 is 5.97 Å². The molecule has 0 saturated carbocycles. The average Bonchev–Trinajstić information content (AvgIpc) is 3.09. The Balaban J connectivity index is 4.46. The molecule has 0 bridgehead atoms. The first kappa shape index (κ1) is 48.6. The second-order valence-electron chi connectivity index (χ2n) is 14.5.